The molecule has 1 amide bonds. The van der Waals surface area contributed by atoms with Gasteiger partial charge in [0, 0.05) is 11.8 Å². The van der Waals surface area contributed by atoms with Gasteiger partial charge in [-0.3, -0.25) is 15.2 Å². The highest BCUT2D eigenvalue weighted by Gasteiger charge is 2.16. The van der Waals surface area contributed by atoms with E-state index in [1.807, 2.05) is 0 Å². The Bertz CT molecular complexity index is 638. The zero-order valence-corrected chi connectivity index (χ0v) is 10.2. The van der Waals surface area contributed by atoms with Crippen LogP contribution in [-0.2, 0) is 4.79 Å². The number of nitriles is 1. The third kappa shape index (κ3) is 2.75. The summed E-state index contributed by atoms with van der Waals surface area (Å²) < 4.78 is 27.4. The smallest absolute Gasteiger partial charge is 0.246 e. The molecule has 0 aliphatic carbocycles. The van der Waals surface area contributed by atoms with Crippen LogP contribution in [0.4, 0.5) is 14.5 Å². The lowest BCUT2D eigenvalue weighted by molar-refractivity contribution is -0.114. The van der Waals surface area contributed by atoms with E-state index in [0.717, 1.165) is 12.1 Å². The molecule has 0 saturated carbocycles. The Morgan fingerprint density at radius 2 is 2.05 bits per heavy atom. The van der Waals surface area contributed by atoms with Crippen molar-refractivity contribution in [2.75, 3.05) is 12.0 Å². The predicted molar refractivity (Wildman–Crippen MR) is 67.8 cm³/mol. The highest BCUT2D eigenvalue weighted by atomic mass is 19.1. The summed E-state index contributed by atoms with van der Waals surface area (Å²) in [6.07, 6.45) is 4.55. The molecule has 0 radical (unpaired) electrons. The zero-order valence-electron chi connectivity index (χ0n) is 10.2. The summed E-state index contributed by atoms with van der Waals surface area (Å²) in [7, 11) is 0. The van der Waals surface area contributed by atoms with Crippen LogP contribution in [0, 0.1) is 23.0 Å². The molecule has 1 heterocycles. The quantitative estimate of drug-likeness (QED) is 0.874. The summed E-state index contributed by atoms with van der Waals surface area (Å²) in [4.78, 5) is 11.1. The fraction of sp³-hybridized carbons (Fsp3) is 0.0769. The summed E-state index contributed by atoms with van der Waals surface area (Å²) in [5.41, 5.74) is 7.42. The van der Waals surface area contributed by atoms with E-state index in [2.05, 4.69) is 5.43 Å². The van der Waals surface area contributed by atoms with Crippen LogP contribution >= 0.6 is 0 Å². The SMILES string of the molecule is N#Cc1cc(F)c(NN2C=CC=C(C(N)=O)C2)c(F)c1. The molecule has 0 unspecified atom stereocenters. The molecule has 102 valence electrons. The van der Waals surface area contributed by atoms with E-state index in [1.54, 1.807) is 6.07 Å². The molecular weight excluding hydrogens is 266 g/mol. The maximum Gasteiger partial charge on any atom is 0.246 e. The number of anilines is 1. The number of rotatable bonds is 3. The molecule has 7 heteroatoms. The molecule has 2 rings (SSSR count). The Morgan fingerprint density at radius 1 is 1.40 bits per heavy atom. The average molecular weight is 276 g/mol. The number of nitrogens with zero attached hydrogens (tertiary/aromatic N) is 2. The second kappa shape index (κ2) is 5.40. The molecule has 20 heavy (non-hydrogen) atoms. The topological polar surface area (TPSA) is 82.2 Å². The minimum Gasteiger partial charge on any atom is -0.366 e. The number of hydrogen-bond donors (Lipinski definition) is 2. The number of carbonyl (C=O) groups is 1. The number of primary amides is 1. The van der Waals surface area contributed by atoms with Gasteiger partial charge in [0.15, 0.2) is 11.6 Å². The first kappa shape index (κ1) is 13.5. The number of allylic oxidation sites excluding steroid dienone is 2. The van der Waals surface area contributed by atoms with Crippen LogP contribution < -0.4 is 11.2 Å². The molecule has 0 saturated heterocycles. The first-order chi connectivity index (χ1) is 9.51. The van der Waals surface area contributed by atoms with Crippen LogP contribution in [0.15, 0.2) is 36.1 Å². The standard InChI is InChI=1S/C13H10F2N4O/c14-10-4-8(6-16)5-11(15)12(10)18-19-3-1-2-9(7-19)13(17)20/h1-5,18H,7H2,(H2,17,20). The molecule has 1 aromatic rings. The highest BCUT2D eigenvalue weighted by Crippen LogP contribution is 2.22. The summed E-state index contributed by atoms with van der Waals surface area (Å²) in [5, 5.41) is 9.92. The van der Waals surface area contributed by atoms with Crippen LogP contribution in [0.5, 0.6) is 0 Å². The molecule has 1 aliphatic heterocycles. The molecule has 0 aromatic heterocycles. The van der Waals surface area contributed by atoms with Crippen molar-refractivity contribution in [1.82, 2.24) is 5.01 Å². The van der Waals surface area contributed by atoms with Crippen molar-refractivity contribution in [1.29, 1.82) is 5.26 Å². The van der Waals surface area contributed by atoms with Crippen LogP contribution in [0.25, 0.3) is 0 Å². The number of hydrogen-bond acceptors (Lipinski definition) is 4. The molecule has 0 atom stereocenters. The van der Waals surface area contributed by atoms with Crippen molar-refractivity contribution in [2.45, 2.75) is 0 Å². The number of carbonyl (C=O) groups excluding carboxylic acids is 1. The second-order valence-electron chi connectivity index (χ2n) is 4.06. The average Bonchev–Trinajstić information content (AvgIpc) is 2.42. The van der Waals surface area contributed by atoms with Gasteiger partial charge in [-0.05, 0) is 18.2 Å². The van der Waals surface area contributed by atoms with Gasteiger partial charge >= 0.3 is 0 Å². The fourth-order valence-electron chi connectivity index (χ4n) is 1.68. The third-order valence-electron chi connectivity index (χ3n) is 2.65. The predicted octanol–water partition coefficient (Wildman–Crippen LogP) is 1.40. The van der Waals surface area contributed by atoms with Gasteiger partial charge in [-0.1, -0.05) is 6.08 Å². The lowest BCUT2D eigenvalue weighted by Gasteiger charge is -2.25. The Balaban J connectivity index is 2.20. The van der Waals surface area contributed by atoms with Crippen LogP contribution in [0.2, 0.25) is 0 Å². The van der Waals surface area contributed by atoms with Crippen LogP contribution in [0.3, 0.4) is 0 Å². The molecule has 3 N–H and O–H groups in total. The Morgan fingerprint density at radius 3 is 2.60 bits per heavy atom. The molecule has 0 fully saturated rings. The largest absolute Gasteiger partial charge is 0.366 e. The van der Waals surface area contributed by atoms with Crippen LogP contribution in [0.1, 0.15) is 5.56 Å². The Hall–Kier alpha value is -2.88. The van der Waals surface area contributed by atoms with E-state index < -0.39 is 23.2 Å². The van der Waals surface area contributed by atoms with E-state index >= 15 is 0 Å². The van der Waals surface area contributed by atoms with E-state index in [-0.39, 0.29) is 12.1 Å². The minimum atomic E-state index is -0.898. The fourth-order valence-corrected chi connectivity index (χ4v) is 1.68. The Labute approximate surface area is 113 Å². The van der Waals surface area contributed by atoms with Crippen molar-refractivity contribution in [3.05, 3.63) is 53.3 Å². The van der Waals surface area contributed by atoms with Crippen molar-refractivity contribution < 1.29 is 13.6 Å². The van der Waals surface area contributed by atoms with E-state index in [0.29, 0.717) is 5.57 Å². The molecular formula is C13H10F2N4O. The molecule has 1 aromatic carbocycles. The third-order valence-corrected chi connectivity index (χ3v) is 2.65. The maximum absolute atomic E-state index is 13.7. The minimum absolute atomic E-state index is 0.0741. The number of nitrogens with one attached hydrogen (secondary N) is 1. The second-order valence-corrected chi connectivity index (χ2v) is 4.06. The van der Waals surface area contributed by atoms with E-state index in [4.69, 9.17) is 11.0 Å². The van der Waals surface area contributed by atoms with Gasteiger partial charge in [0.2, 0.25) is 5.91 Å². The zero-order chi connectivity index (χ0) is 14.7. The molecule has 0 spiro atoms. The summed E-state index contributed by atoms with van der Waals surface area (Å²) in [6.45, 7) is 0.0741. The van der Waals surface area contributed by atoms with E-state index in [9.17, 15) is 13.6 Å². The highest BCUT2D eigenvalue weighted by molar-refractivity contribution is 5.93. The first-order valence-corrected chi connectivity index (χ1v) is 5.61. The van der Waals surface area contributed by atoms with Gasteiger partial charge < -0.3 is 5.73 Å². The van der Waals surface area contributed by atoms with E-state index in [1.165, 1.54) is 23.4 Å². The van der Waals surface area contributed by atoms with Gasteiger partial charge in [-0.2, -0.15) is 5.26 Å². The molecule has 5 nitrogen and oxygen atoms in total. The number of nitrogens with two attached hydrogens (primary N) is 1. The van der Waals surface area contributed by atoms with Gasteiger partial charge in [0.1, 0.15) is 5.69 Å². The number of halogens is 2. The maximum atomic E-state index is 13.7. The van der Waals surface area contributed by atoms with Gasteiger partial charge in [-0.15, -0.1) is 0 Å². The summed E-state index contributed by atoms with van der Waals surface area (Å²) >= 11 is 0. The van der Waals surface area contributed by atoms with Crippen molar-refractivity contribution in [2.24, 2.45) is 5.73 Å². The number of amides is 1. The monoisotopic (exact) mass is 276 g/mol. The molecule has 0 bridgehead atoms. The first-order valence-electron chi connectivity index (χ1n) is 5.61. The Kier molecular flexibility index (Phi) is 3.66. The van der Waals surface area contributed by atoms with Crippen LogP contribution in [-0.4, -0.2) is 17.5 Å². The molecule has 1 aliphatic rings. The van der Waals surface area contributed by atoms with Gasteiger partial charge in [0.05, 0.1) is 18.2 Å². The van der Waals surface area contributed by atoms with Crippen molar-refractivity contribution in [3.63, 3.8) is 0 Å². The van der Waals surface area contributed by atoms with Crippen molar-refractivity contribution >= 4 is 11.6 Å². The summed E-state index contributed by atoms with van der Waals surface area (Å²) in [6, 6.07) is 3.50. The number of hydrazine groups is 1. The summed E-state index contributed by atoms with van der Waals surface area (Å²) in [5.74, 6) is -2.41. The lowest BCUT2D eigenvalue weighted by atomic mass is 10.2. The van der Waals surface area contributed by atoms with Gasteiger partial charge in [0.25, 0.3) is 0 Å². The number of benzene rings is 1. The normalized spacial score (nSPS) is 13.7. The van der Waals surface area contributed by atoms with Gasteiger partial charge in [-0.25, -0.2) is 8.78 Å². The van der Waals surface area contributed by atoms with Crippen molar-refractivity contribution in [3.8, 4) is 6.07 Å². The lowest BCUT2D eigenvalue weighted by Crippen LogP contribution is -2.33.